The van der Waals surface area contributed by atoms with Crippen LogP contribution >= 0.6 is 0 Å². The third-order valence-corrected chi connectivity index (χ3v) is 4.13. The van der Waals surface area contributed by atoms with Crippen LogP contribution in [0.1, 0.15) is 23.3 Å². The number of nitrogens with zero attached hydrogens (tertiary/aromatic N) is 4. The first-order valence-electron chi connectivity index (χ1n) is 8.28. The van der Waals surface area contributed by atoms with Gasteiger partial charge in [-0.3, -0.25) is 9.78 Å². The van der Waals surface area contributed by atoms with Crippen molar-refractivity contribution in [1.82, 2.24) is 15.0 Å². The summed E-state index contributed by atoms with van der Waals surface area (Å²) in [4.78, 5) is 23.9. The van der Waals surface area contributed by atoms with Gasteiger partial charge in [-0.05, 0) is 31.4 Å². The summed E-state index contributed by atoms with van der Waals surface area (Å²) in [7, 11) is 1.94. The van der Waals surface area contributed by atoms with Crippen LogP contribution in [0.3, 0.4) is 0 Å². The fraction of sp³-hybridized carbons (Fsp3) is 0.412. The van der Waals surface area contributed by atoms with E-state index < -0.39 is 0 Å². The average molecular weight is 343 g/mol. The van der Waals surface area contributed by atoms with E-state index in [1.165, 1.54) is 30.9 Å². The molecule has 0 bridgehead atoms. The topological polar surface area (TPSA) is 123 Å². The molecule has 2 aromatic rings. The number of piperidine rings is 1. The molecule has 25 heavy (non-hydrogen) atoms. The molecule has 1 atom stereocenters. The lowest BCUT2D eigenvalue weighted by Gasteiger charge is -2.34. The number of aldehydes is 1. The van der Waals surface area contributed by atoms with Crippen LogP contribution in [0.2, 0.25) is 0 Å². The molecule has 8 heteroatoms. The Bertz CT molecular complexity index is 680. The van der Waals surface area contributed by atoms with Gasteiger partial charge >= 0.3 is 0 Å². The Morgan fingerprint density at radius 3 is 2.80 bits per heavy atom. The standard InChI is InChI=1S/C12H20N4.C5H5N3O/c1-14-11-8-15-5-4-12(11)16-6-2-3-10(7-13)9-16;6-5-4(3-9)7-1-2-8-5/h4-5,8,10,14H,2-3,6-7,9,13H2,1H3;1-3H,(H2,6,8). The van der Waals surface area contributed by atoms with Crippen molar-refractivity contribution in [3.8, 4) is 0 Å². The third-order valence-electron chi connectivity index (χ3n) is 4.13. The van der Waals surface area contributed by atoms with Crippen LogP contribution in [-0.2, 0) is 0 Å². The maximum atomic E-state index is 10.0. The molecule has 1 unspecified atom stereocenters. The molecule has 5 N–H and O–H groups in total. The third kappa shape index (κ3) is 5.12. The molecule has 0 aromatic carbocycles. The van der Waals surface area contributed by atoms with E-state index in [4.69, 9.17) is 11.5 Å². The molecule has 0 saturated carbocycles. The Balaban J connectivity index is 0.000000212. The minimum absolute atomic E-state index is 0.174. The Labute approximate surface area is 147 Å². The first kappa shape index (κ1) is 18.6. The maximum Gasteiger partial charge on any atom is 0.172 e. The second-order valence-corrected chi connectivity index (χ2v) is 5.78. The lowest BCUT2D eigenvalue weighted by atomic mass is 9.98. The van der Waals surface area contributed by atoms with Crippen molar-refractivity contribution in [2.45, 2.75) is 12.8 Å². The largest absolute Gasteiger partial charge is 0.385 e. The highest BCUT2D eigenvalue weighted by molar-refractivity contribution is 5.78. The quantitative estimate of drug-likeness (QED) is 0.707. The van der Waals surface area contributed by atoms with Crippen LogP contribution in [-0.4, -0.2) is 47.9 Å². The summed E-state index contributed by atoms with van der Waals surface area (Å²) in [5.41, 5.74) is 13.5. The smallest absolute Gasteiger partial charge is 0.172 e. The number of nitrogens with one attached hydrogen (secondary N) is 1. The monoisotopic (exact) mass is 343 g/mol. The fourth-order valence-electron chi connectivity index (χ4n) is 2.78. The van der Waals surface area contributed by atoms with Gasteiger partial charge in [0.2, 0.25) is 0 Å². The van der Waals surface area contributed by atoms with Gasteiger partial charge < -0.3 is 21.7 Å². The summed E-state index contributed by atoms with van der Waals surface area (Å²) in [6, 6.07) is 2.07. The molecule has 3 heterocycles. The zero-order valence-electron chi connectivity index (χ0n) is 14.4. The van der Waals surface area contributed by atoms with E-state index in [9.17, 15) is 4.79 Å². The molecule has 1 aliphatic rings. The molecule has 2 aromatic heterocycles. The summed E-state index contributed by atoms with van der Waals surface area (Å²) in [6.07, 6.45) is 9.63. The summed E-state index contributed by atoms with van der Waals surface area (Å²) in [5.74, 6) is 0.805. The van der Waals surface area contributed by atoms with Gasteiger partial charge in [-0.2, -0.15) is 0 Å². The van der Waals surface area contributed by atoms with Crippen molar-refractivity contribution in [3.05, 3.63) is 36.5 Å². The van der Waals surface area contributed by atoms with Crippen molar-refractivity contribution < 1.29 is 4.79 Å². The predicted molar refractivity (Wildman–Crippen MR) is 99.6 cm³/mol. The average Bonchev–Trinajstić information content (AvgIpc) is 2.69. The molecule has 1 aliphatic heterocycles. The Morgan fingerprint density at radius 2 is 2.16 bits per heavy atom. The SMILES string of the molecule is CNc1cnccc1N1CCCC(CN)C1.Nc1nccnc1C=O. The highest BCUT2D eigenvalue weighted by Crippen LogP contribution is 2.28. The fourth-order valence-corrected chi connectivity index (χ4v) is 2.78. The second kappa shape index (κ2) is 9.53. The van der Waals surface area contributed by atoms with Gasteiger partial charge in [0.1, 0.15) is 5.69 Å². The molecule has 0 radical (unpaired) electrons. The number of nitrogens with two attached hydrogens (primary N) is 2. The zero-order chi connectivity index (χ0) is 18.1. The van der Waals surface area contributed by atoms with Gasteiger partial charge in [-0.25, -0.2) is 9.97 Å². The number of hydrogen-bond acceptors (Lipinski definition) is 8. The number of nitrogen functional groups attached to an aromatic ring is 1. The van der Waals surface area contributed by atoms with Crippen LogP contribution in [0.5, 0.6) is 0 Å². The Hall–Kier alpha value is -2.74. The zero-order valence-corrected chi connectivity index (χ0v) is 14.4. The van der Waals surface area contributed by atoms with Gasteiger partial charge in [0, 0.05) is 38.7 Å². The van der Waals surface area contributed by atoms with E-state index in [-0.39, 0.29) is 11.5 Å². The minimum Gasteiger partial charge on any atom is -0.385 e. The number of aromatic nitrogens is 3. The van der Waals surface area contributed by atoms with Crippen LogP contribution in [0.15, 0.2) is 30.9 Å². The molecule has 0 spiro atoms. The summed E-state index contributed by atoms with van der Waals surface area (Å²) in [5, 5.41) is 3.19. The highest BCUT2D eigenvalue weighted by atomic mass is 16.1. The minimum atomic E-state index is 0.174. The van der Waals surface area contributed by atoms with Gasteiger partial charge in [0.25, 0.3) is 0 Å². The van der Waals surface area contributed by atoms with Crippen molar-refractivity contribution in [2.24, 2.45) is 11.7 Å². The molecule has 0 amide bonds. The van der Waals surface area contributed by atoms with Crippen LogP contribution in [0.25, 0.3) is 0 Å². The number of carbonyl (C=O) groups excluding carboxylic acids is 1. The van der Waals surface area contributed by atoms with Gasteiger partial charge in [-0.1, -0.05) is 0 Å². The summed E-state index contributed by atoms with van der Waals surface area (Å²) >= 11 is 0. The lowest BCUT2D eigenvalue weighted by molar-refractivity contribution is 0.111. The Kier molecular flexibility index (Phi) is 7.09. The van der Waals surface area contributed by atoms with E-state index in [1.807, 2.05) is 19.4 Å². The van der Waals surface area contributed by atoms with Crippen LogP contribution < -0.4 is 21.7 Å². The number of carbonyl (C=O) groups is 1. The van der Waals surface area contributed by atoms with E-state index in [2.05, 4.69) is 31.2 Å². The Morgan fingerprint density at radius 1 is 1.36 bits per heavy atom. The molecule has 8 nitrogen and oxygen atoms in total. The normalized spacial score (nSPS) is 16.6. The van der Waals surface area contributed by atoms with Gasteiger partial charge in [0.15, 0.2) is 12.1 Å². The van der Waals surface area contributed by atoms with E-state index >= 15 is 0 Å². The first-order chi connectivity index (χ1) is 12.2. The van der Waals surface area contributed by atoms with Crippen molar-refractivity contribution in [1.29, 1.82) is 0 Å². The van der Waals surface area contributed by atoms with Crippen molar-refractivity contribution in [3.63, 3.8) is 0 Å². The number of anilines is 3. The summed E-state index contributed by atoms with van der Waals surface area (Å²) < 4.78 is 0. The highest BCUT2D eigenvalue weighted by Gasteiger charge is 2.20. The van der Waals surface area contributed by atoms with Gasteiger partial charge in [-0.15, -0.1) is 0 Å². The number of hydrogen-bond donors (Lipinski definition) is 3. The molecule has 134 valence electrons. The molecule has 1 saturated heterocycles. The summed E-state index contributed by atoms with van der Waals surface area (Å²) in [6.45, 7) is 2.97. The molecule has 0 aliphatic carbocycles. The number of rotatable bonds is 4. The molecule has 3 rings (SSSR count). The molecular weight excluding hydrogens is 318 g/mol. The first-order valence-corrected chi connectivity index (χ1v) is 8.28. The van der Waals surface area contributed by atoms with Crippen molar-refractivity contribution in [2.75, 3.05) is 42.6 Å². The molecular formula is C17H25N7O. The van der Waals surface area contributed by atoms with Gasteiger partial charge in [0.05, 0.1) is 17.6 Å². The lowest BCUT2D eigenvalue weighted by Crippen LogP contribution is -2.38. The van der Waals surface area contributed by atoms with E-state index in [0.717, 1.165) is 25.3 Å². The maximum absolute atomic E-state index is 10.0. The van der Waals surface area contributed by atoms with Crippen LogP contribution in [0.4, 0.5) is 17.2 Å². The van der Waals surface area contributed by atoms with Crippen LogP contribution in [0, 0.1) is 5.92 Å². The number of pyridine rings is 1. The van der Waals surface area contributed by atoms with E-state index in [0.29, 0.717) is 12.2 Å². The predicted octanol–water partition coefficient (Wildman–Crippen LogP) is 1.17. The van der Waals surface area contributed by atoms with Crippen molar-refractivity contribution >= 4 is 23.5 Å². The van der Waals surface area contributed by atoms with E-state index in [1.54, 1.807) is 0 Å². The second-order valence-electron chi connectivity index (χ2n) is 5.78. The molecule has 1 fully saturated rings.